The number of fused-ring (bicyclic) bond motifs is 3. The van der Waals surface area contributed by atoms with E-state index in [1.807, 2.05) is 6.92 Å². The zero-order valence-electron chi connectivity index (χ0n) is 10.1. The molecular weight excluding hydrogens is 358 g/mol. The molecule has 0 saturated heterocycles. The quantitative estimate of drug-likeness (QED) is 0.512. The number of carbonyl (C=O) groups is 1. The first-order chi connectivity index (χ1) is 8.69. The Bertz CT molecular complexity index is 737. The van der Waals surface area contributed by atoms with Crippen LogP contribution in [0.4, 0.5) is 0 Å². The number of hydrogen-bond donors (Lipinski definition) is 0. The number of rotatable bonds is 2. The average Bonchev–Trinajstić information content (AvgIpc) is 2.87. The van der Waals surface area contributed by atoms with Crippen LogP contribution in [0.3, 0.4) is 0 Å². The maximum absolute atomic E-state index is 11.8. The molecule has 2 aromatic heterocycles. The van der Waals surface area contributed by atoms with Crippen LogP contribution in [0.25, 0.3) is 18.2 Å². The molecule has 0 unspecified atom stereocenters. The van der Waals surface area contributed by atoms with E-state index in [0.717, 1.165) is 4.44 Å². The van der Waals surface area contributed by atoms with Crippen LogP contribution in [0, 0.1) is 6.92 Å². The molecule has 3 rings (SSSR count). The summed E-state index contributed by atoms with van der Waals surface area (Å²) in [6.07, 6.45) is 0. The van der Waals surface area contributed by atoms with Crippen LogP contribution in [-0.2, 0) is 4.74 Å². The summed E-state index contributed by atoms with van der Waals surface area (Å²) in [5, 5.41) is 1.38. The van der Waals surface area contributed by atoms with Crippen molar-refractivity contribution >= 4 is 53.1 Å². The summed E-state index contributed by atoms with van der Waals surface area (Å²) in [5.74, 6) is -0.128. The Morgan fingerprint density at radius 3 is 2.83 bits per heavy atom. The summed E-state index contributed by atoms with van der Waals surface area (Å²) in [7, 11) is 0. The Morgan fingerprint density at radius 1 is 1.22 bits per heavy atom. The molecule has 3 aromatic rings. The molecule has 18 heavy (non-hydrogen) atoms. The third kappa shape index (κ3) is 2.00. The van der Waals surface area contributed by atoms with Crippen molar-refractivity contribution in [2.24, 2.45) is 0 Å². The van der Waals surface area contributed by atoms with Gasteiger partial charge < -0.3 is 0 Å². The van der Waals surface area contributed by atoms with Crippen molar-refractivity contribution in [2.45, 2.75) is 13.8 Å². The molecular formula is C14H12O2Se2. The van der Waals surface area contributed by atoms with E-state index in [-0.39, 0.29) is 20.5 Å². The van der Waals surface area contributed by atoms with Crippen molar-refractivity contribution in [3.63, 3.8) is 0 Å². The maximum atomic E-state index is 11.8. The van der Waals surface area contributed by atoms with E-state index >= 15 is 0 Å². The minimum absolute atomic E-state index is 0.127. The molecule has 0 aliphatic rings. The van der Waals surface area contributed by atoms with Crippen LogP contribution in [0.2, 0.25) is 0 Å². The fourth-order valence-electron chi connectivity index (χ4n) is 1.97. The molecule has 1 aromatic carbocycles. The second kappa shape index (κ2) is 4.71. The molecule has 0 amide bonds. The molecule has 2 heterocycles. The van der Waals surface area contributed by atoms with E-state index in [1.54, 1.807) is 0 Å². The van der Waals surface area contributed by atoms with Crippen LogP contribution in [-0.4, -0.2) is 41.6 Å². The molecule has 0 N–H and O–H groups in total. The second-order valence-corrected chi connectivity index (χ2v) is 8.61. The summed E-state index contributed by atoms with van der Waals surface area (Å²) in [6, 6.07) is 8.73. The molecule has 0 fully saturated rings. The molecule has 4 heteroatoms. The Morgan fingerprint density at radius 2 is 2.06 bits per heavy atom. The van der Waals surface area contributed by atoms with Crippen LogP contribution in [0.15, 0.2) is 24.3 Å². The van der Waals surface area contributed by atoms with Gasteiger partial charge in [-0.15, -0.1) is 0 Å². The molecule has 92 valence electrons. The molecule has 0 radical (unpaired) electrons. The summed E-state index contributed by atoms with van der Waals surface area (Å²) in [4.78, 5) is 11.8. The topological polar surface area (TPSA) is 26.3 Å². The molecule has 2 nitrogen and oxygen atoms in total. The molecule has 0 aliphatic carbocycles. The molecule has 0 aliphatic heterocycles. The third-order valence-corrected chi connectivity index (χ3v) is 8.18. The first kappa shape index (κ1) is 12.3. The van der Waals surface area contributed by atoms with Crippen LogP contribution < -0.4 is 0 Å². The van der Waals surface area contributed by atoms with Crippen LogP contribution >= 0.6 is 0 Å². The summed E-state index contributed by atoms with van der Waals surface area (Å²) < 4.78 is 10.2. The van der Waals surface area contributed by atoms with Gasteiger partial charge in [-0.1, -0.05) is 0 Å². The third-order valence-electron chi connectivity index (χ3n) is 2.77. The normalized spacial score (nSPS) is 11.2. The summed E-state index contributed by atoms with van der Waals surface area (Å²) in [5.41, 5.74) is 1.29. The molecule has 0 spiro atoms. The van der Waals surface area contributed by atoms with Gasteiger partial charge in [0, 0.05) is 0 Å². The van der Waals surface area contributed by atoms with Gasteiger partial charge in [0.25, 0.3) is 0 Å². The van der Waals surface area contributed by atoms with E-state index in [4.69, 9.17) is 4.74 Å². The minimum atomic E-state index is -0.128. The van der Waals surface area contributed by atoms with Gasteiger partial charge in [-0.3, -0.25) is 0 Å². The van der Waals surface area contributed by atoms with E-state index in [9.17, 15) is 4.79 Å². The van der Waals surface area contributed by atoms with Crippen molar-refractivity contribution in [3.05, 3.63) is 34.3 Å². The monoisotopic (exact) mass is 372 g/mol. The average molecular weight is 370 g/mol. The number of ether oxygens (including phenoxy) is 1. The number of esters is 1. The molecule has 0 saturated carbocycles. The standard InChI is InChI=1S/C14H12O2Se2/c1-3-16-14(15)12-7-11-13(18-12)9-6-8(2)4-5-10(9)17-11/h4-7H,3H2,1-2H3. The van der Waals surface area contributed by atoms with E-state index in [0.29, 0.717) is 21.1 Å². The van der Waals surface area contributed by atoms with Gasteiger partial charge in [0.2, 0.25) is 0 Å². The Balaban J connectivity index is 2.18. The van der Waals surface area contributed by atoms with Crippen LogP contribution in [0.1, 0.15) is 21.7 Å². The van der Waals surface area contributed by atoms with Crippen molar-refractivity contribution in [1.29, 1.82) is 0 Å². The zero-order valence-corrected chi connectivity index (χ0v) is 13.6. The first-order valence-corrected chi connectivity index (χ1v) is 9.21. The van der Waals surface area contributed by atoms with Crippen molar-refractivity contribution in [1.82, 2.24) is 0 Å². The molecule has 0 bridgehead atoms. The van der Waals surface area contributed by atoms with Gasteiger partial charge in [0.15, 0.2) is 0 Å². The van der Waals surface area contributed by atoms with Crippen molar-refractivity contribution in [3.8, 4) is 0 Å². The number of hydrogen-bond acceptors (Lipinski definition) is 2. The van der Waals surface area contributed by atoms with Crippen LogP contribution in [0.5, 0.6) is 0 Å². The van der Waals surface area contributed by atoms with E-state index in [1.165, 1.54) is 23.7 Å². The summed E-state index contributed by atoms with van der Waals surface area (Å²) in [6.45, 7) is 4.43. The molecule has 0 atom stereocenters. The van der Waals surface area contributed by atoms with Crippen molar-refractivity contribution < 1.29 is 9.53 Å². The number of aryl methyl sites for hydroxylation is 1. The van der Waals surface area contributed by atoms with Gasteiger partial charge in [-0.05, 0) is 0 Å². The first-order valence-electron chi connectivity index (χ1n) is 5.79. The Kier molecular flexibility index (Phi) is 3.21. The van der Waals surface area contributed by atoms with E-state index in [2.05, 4.69) is 31.2 Å². The number of benzene rings is 1. The Labute approximate surface area is 117 Å². The van der Waals surface area contributed by atoms with Gasteiger partial charge in [-0.2, -0.15) is 0 Å². The van der Waals surface area contributed by atoms with Gasteiger partial charge in [0.1, 0.15) is 0 Å². The van der Waals surface area contributed by atoms with Gasteiger partial charge in [0.05, 0.1) is 0 Å². The predicted octanol–water partition coefficient (Wildman–Crippen LogP) is 2.59. The second-order valence-electron chi connectivity index (χ2n) is 4.13. The van der Waals surface area contributed by atoms with Gasteiger partial charge >= 0.3 is 117 Å². The fraction of sp³-hybridized carbons (Fsp3) is 0.214. The van der Waals surface area contributed by atoms with E-state index < -0.39 is 0 Å². The summed E-state index contributed by atoms with van der Waals surface area (Å²) >= 11 is 0.497. The fourth-order valence-corrected chi connectivity index (χ4v) is 7.78. The predicted molar refractivity (Wildman–Crippen MR) is 76.0 cm³/mol. The van der Waals surface area contributed by atoms with Gasteiger partial charge in [-0.25, -0.2) is 0 Å². The SMILES string of the molecule is CCOC(=O)c1cc2[se]c3ccc(C)cc3c2[se]1. The number of carbonyl (C=O) groups excluding carboxylic acids is 1. The van der Waals surface area contributed by atoms with Crippen molar-refractivity contribution in [2.75, 3.05) is 6.61 Å². The Hall–Kier alpha value is -0.791. The zero-order chi connectivity index (χ0) is 12.7.